The molecule has 0 unspecified atom stereocenters. The van der Waals surface area contributed by atoms with Gasteiger partial charge in [0.25, 0.3) is 5.91 Å². The van der Waals surface area contributed by atoms with Crippen molar-refractivity contribution in [1.82, 2.24) is 9.88 Å². The Morgan fingerprint density at radius 2 is 2.06 bits per heavy atom. The summed E-state index contributed by atoms with van der Waals surface area (Å²) in [5.74, 6) is -0.231. The first-order valence-corrected chi connectivity index (χ1v) is 6.53. The van der Waals surface area contributed by atoms with Gasteiger partial charge in [-0.05, 0) is 18.9 Å². The number of aromatic nitrogens is 1. The molecule has 0 spiro atoms. The highest BCUT2D eigenvalue weighted by Crippen LogP contribution is 2.13. The molecular formula is C14H21FN2O. The molecular weight excluding hydrogens is 231 g/mol. The van der Waals surface area contributed by atoms with Gasteiger partial charge in [0.05, 0.1) is 0 Å². The van der Waals surface area contributed by atoms with Crippen molar-refractivity contribution in [2.24, 2.45) is 5.92 Å². The fourth-order valence-electron chi connectivity index (χ4n) is 1.93. The molecule has 100 valence electrons. The maximum absolute atomic E-state index is 13.0. The van der Waals surface area contributed by atoms with Gasteiger partial charge < -0.3 is 4.90 Å². The first kappa shape index (κ1) is 14.6. The fourth-order valence-corrected chi connectivity index (χ4v) is 1.93. The van der Waals surface area contributed by atoms with Crippen molar-refractivity contribution in [3.05, 3.63) is 29.8 Å². The lowest BCUT2D eigenvalue weighted by Crippen LogP contribution is -2.35. The first-order valence-electron chi connectivity index (χ1n) is 6.53. The standard InChI is InChI=1S/C14H21FN2O/c1-4-11(5-2)10-17(6-3)14(18)12-7-8-16-13(15)9-12/h7-9,11H,4-6,10H2,1-3H3. The van der Waals surface area contributed by atoms with Crippen molar-refractivity contribution < 1.29 is 9.18 Å². The number of hydrogen-bond acceptors (Lipinski definition) is 2. The Hall–Kier alpha value is -1.45. The summed E-state index contributed by atoms with van der Waals surface area (Å²) in [7, 11) is 0. The smallest absolute Gasteiger partial charge is 0.254 e. The topological polar surface area (TPSA) is 33.2 Å². The summed E-state index contributed by atoms with van der Waals surface area (Å²) in [6.45, 7) is 7.56. The number of nitrogens with zero attached hydrogens (tertiary/aromatic N) is 2. The van der Waals surface area contributed by atoms with Crippen molar-refractivity contribution in [3.63, 3.8) is 0 Å². The Morgan fingerprint density at radius 3 is 2.56 bits per heavy atom. The van der Waals surface area contributed by atoms with Gasteiger partial charge in [-0.25, -0.2) is 4.98 Å². The van der Waals surface area contributed by atoms with Crippen LogP contribution in [0.5, 0.6) is 0 Å². The lowest BCUT2D eigenvalue weighted by molar-refractivity contribution is 0.0734. The maximum Gasteiger partial charge on any atom is 0.254 e. The average Bonchev–Trinajstić information content (AvgIpc) is 2.39. The van der Waals surface area contributed by atoms with E-state index >= 15 is 0 Å². The molecule has 1 amide bonds. The zero-order chi connectivity index (χ0) is 13.5. The zero-order valence-electron chi connectivity index (χ0n) is 11.3. The molecule has 0 N–H and O–H groups in total. The Kier molecular flexibility index (Phi) is 5.75. The van der Waals surface area contributed by atoms with Gasteiger partial charge in [-0.2, -0.15) is 4.39 Å². The minimum Gasteiger partial charge on any atom is -0.339 e. The van der Waals surface area contributed by atoms with Crippen LogP contribution in [0.4, 0.5) is 4.39 Å². The lowest BCUT2D eigenvalue weighted by Gasteiger charge is -2.25. The highest BCUT2D eigenvalue weighted by molar-refractivity contribution is 5.94. The number of carbonyl (C=O) groups excluding carboxylic acids is 1. The Balaban J connectivity index is 2.79. The molecule has 0 saturated carbocycles. The molecule has 3 nitrogen and oxygen atoms in total. The van der Waals surface area contributed by atoms with Gasteiger partial charge in [-0.1, -0.05) is 26.7 Å². The van der Waals surface area contributed by atoms with Crippen LogP contribution >= 0.6 is 0 Å². The van der Waals surface area contributed by atoms with Gasteiger partial charge in [-0.3, -0.25) is 4.79 Å². The van der Waals surface area contributed by atoms with Crippen molar-refractivity contribution in [3.8, 4) is 0 Å². The molecule has 0 aliphatic heterocycles. The molecule has 0 aliphatic rings. The number of rotatable bonds is 6. The minimum absolute atomic E-state index is 0.120. The molecule has 1 aromatic rings. The SMILES string of the molecule is CCC(CC)CN(CC)C(=O)c1ccnc(F)c1. The second-order valence-corrected chi connectivity index (χ2v) is 4.39. The van der Waals surface area contributed by atoms with E-state index in [1.807, 2.05) is 6.92 Å². The predicted octanol–water partition coefficient (Wildman–Crippen LogP) is 3.12. The van der Waals surface area contributed by atoms with Crippen LogP contribution in [0, 0.1) is 11.9 Å². The summed E-state index contributed by atoms with van der Waals surface area (Å²) in [6.07, 6.45) is 3.42. The van der Waals surface area contributed by atoms with E-state index in [0.717, 1.165) is 19.4 Å². The van der Waals surface area contributed by atoms with E-state index in [1.165, 1.54) is 12.3 Å². The number of carbonyl (C=O) groups is 1. The highest BCUT2D eigenvalue weighted by atomic mass is 19.1. The van der Waals surface area contributed by atoms with Crippen LogP contribution in [0.25, 0.3) is 0 Å². The molecule has 0 saturated heterocycles. The van der Waals surface area contributed by atoms with Gasteiger partial charge in [0.15, 0.2) is 0 Å². The van der Waals surface area contributed by atoms with Gasteiger partial charge in [0.2, 0.25) is 5.95 Å². The normalized spacial score (nSPS) is 10.7. The fraction of sp³-hybridized carbons (Fsp3) is 0.571. The number of amides is 1. The van der Waals surface area contributed by atoms with E-state index in [2.05, 4.69) is 18.8 Å². The molecule has 0 atom stereocenters. The summed E-state index contributed by atoms with van der Waals surface area (Å²) in [6, 6.07) is 2.75. The molecule has 18 heavy (non-hydrogen) atoms. The summed E-state index contributed by atoms with van der Waals surface area (Å²) in [5, 5.41) is 0. The summed E-state index contributed by atoms with van der Waals surface area (Å²) < 4.78 is 13.0. The van der Waals surface area contributed by atoms with E-state index in [1.54, 1.807) is 11.0 Å². The van der Waals surface area contributed by atoms with E-state index in [4.69, 9.17) is 0 Å². The van der Waals surface area contributed by atoms with Crippen molar-refractivity contribution in [2.45, 2.75) is 33.6 Å². The van der Waals surface area contributed by atoms with Gasteiger partial charge in [0.1, 0.15) is 0 Å². The largest absolute Gasteiger partial charge is 0.339 e. The molecule has 0 radical (unpaired) electrons. The Bertz CT molecular complexity index is 391. The van der Waals surface area contributed by atoms with Crippen molar-refractivity contribution in [2.75, 3.05) is 13.1 Å². The van der Waals surface area contributed by atoms with Crippen molar-refractivity contribution in [1.29, 1.82) is 0 Å². The van der Waals surface area contributed by atoms with E-state index in [0.29, 0.717) is 18.0 Å². The van der Waals surface area contributed by atoms with Crippen LogP contribution in [0.3, 0.4) is 0 Å². The highest BCUT2D eigenvalue weighted by Gasteiger charge is 2.17. The monoisotopic (exact) mass is 252 g/mol. The summed E-state index contributed by atoms with van der Waals surface area (Å²) in [4.78, 5) is 17.5. The van der Waals surface area contributed by atoms with E-state index in [9.17, 15) is 9.18 Å². The predicted molar refractivity (Wildman–Crippen MR) is 69.8 cm³/mol. The van der Waals surface area contributed by atoms with Crippen LogP contribution in [-0.4, -0.2) is 28.9 Å². The third-order valence-corrected chi connectivity index (χ3v) is 3.28. The molecule has 0 bridgehead atoms. The van der Waals surface area contributed by atoms with Crippen LogP contribution in [0.15, 0.2) is 18.3 Å². The summed E-state index contributed by atoms with van der Waals surface area (Å²) in [5.41, 5.74) is 0.371. The Labute approximate surface area is 108 Å². The van der Waals surface area contributed by atoms with Crippen molar-refractivity contribution >= 4 is 5.91 Å². The molecule has 0 aliphatic carbocycles. The second-order valence-electron chi connectivity index (χ2n) is 4.39. The molecule has 0 aromatic carbocycles. The lowest BCUT2D eigenvalue weighted by atomic mass is 10.0. The molecule has 1 heterocycles. The average molecular weight is 252 g/mol. The quantitative estimate of drug-likeness (QED) is 0.729. The number of hydrogen-bond donors (Lipinski definition) is 0. The first-order chi connectivity index (χ1) is 8.62. The minimum atomic E-state index is -0.612. The van der Waals surface area contributed by atoms with Gasteiger partial charge >= 0.3 is 0 Å². The zero-order valence-corrected chi connectivity index (χ0v) is 11.3. The van der Waals surface area contributed by atoms with Crippen LogP contribution in [0.2, 0.25) is 0 Å². The van der Waals surface area contributed by atoms with Gasteiger partial charge in [0, 0.05) is 30.9 Å². The molecule has 1 aromatic heterocycles. The van der Waals surface area contributed by atoms with Gasteiger partial charge in [-0.15, -0.1) is 0 Å². The van der Waals surface area contributed by atoms with Crippen LogP contribution in [-0.2, 0) is 0 Å². The van der Waals surface area contributed by atoms with Crippen LogP contribution < -0.4 is 0 Å². The molecule has 1 rings (SSSR count). The maximum atomic E-state index is 13.0. The van der Waals surface area contributed by atoms with Crippen LogP contribution in [0.1, 0.15) is 44.0 Å². The third kappa shape index (κ3) is 3.79. The summed E-state index contributed by atoms with van der Waals surface area (Å²) >= 11 is 0. The number of halogens is 1. The van der Waals surface area contributed by atoms with E-state index < -0.39 is 5.95 Å². The molecule has 4 heteroatoms. The van der Waals surface area contributed by atoms with E-state index in [-0.39, 0.29) is 5.91 Å². The third-order valence-electron chi connectivity index (χ3n) is 3.28. The molecule has 0 fully saturated rings. The second kappa shape index (κ2) is 7.09. The number of pyridine rings is 1. The Morgan fingerprint density at radius 1 is 1.39 bits per heavy atom.